The van der Waals surface area contributed by atoms with Gasteiger partial charge in [0.15, 0.2) is 0 Å². The predicted molar refractivity (Wildman–Crippen MR) is 146 cm³/mol. The number of hydrogen-bond donors (Lipinski definition) is 0. The fraction of sp³-hybridized carbons (Fsp3) is 0.419. The lowest BCUT2D eigenvalue weighted by atomic mass is 9.96. The number of aliphatic imine (C=N–C) groups is 1. The molecule has 1 saturated heterocycles. The lowest BCUT2D eigenvalue weighted by Crippen LogP contribution is -2.46. The lowest BCUT2D eigenvalue weighted by molar-refractivity contribution is -0.134. The quantitative estimate of drug-likeness (QED) is 0.492. The van der Waals surface area contributed by atoms with Crippen LogP contribution >= 0.6 is 0 Å². The Morgan fingerprint density at radius 3 is 2.13 bits per heavy atom. The summed E-state index contributed by atoms with van der Waals surface area (Å²) in [6.45, 7) is 2.26. The molecular formula is C31H33N5O2. The van der Waals surface area contributed by atoms with Crippen LogP contribution in [-0.2, 0) is 16.6 Å². The highest BCUT2D eigenvalue weighted by atomic mass is 16.2. The molecule has 0 bridgehead atoms. The molecule has 3 fully saturated rings. The molecule has 1 spiro atoms. The molecular weight excluding hydrogens is 474 g/mol. The van der Waals surface area contributed by atoms with E-state index in [1.807, 2.05) is 33.9 Å². The first-order chi connectivity index (χ1) is 18.5. The summed E-state index contributed by atoms with van der Waals surface area (Å²) in [6.07, 6.45) is 9.70. The van der Waals surface area contributed by atoms with Crippen molar-refractivity contribution in [3.63, 3.8) is 0 Å². The number of carbonyl (C=O) groups is 2. The van der Waals surface area contributed by atoms with E-state index in [2.05, 4.69) is 53.6 Å². The Morgan fingerprint density at radius 2 is 1.55 bits per heavy atom. The predicted octanol–water partition coefficient (Wildman–Crippen LogP) is 4.52. The van der Waals surface area contributed by atoms with E-state index in [0.29, 0.717) is 18.4 Å². The third-order valence-corrected chi connectivity index (χ3v) is 8.54. The van der Waals surface area contributed by atoms with Gasteiger partial charge in [0, 0.05) is 49.9 Å². The highest BCUT2D eigenvalue weighted by Gasteiger charge is 2.57. The largest absolute Gasteiger partial charge is 0.342 e. The molecule has 2 aliphatic carbocycles. The van der Waals surface area contributed by atoms with Crippen LogP contribution in [0.25, 0.3) is 22.3 Å². The van der Waals surface area contributed by atoms with Gasteiger partial charge in [0.1, 0.15) is 11.4 Å². The molecule has 38 heavy (non-hydrogen) atoms. The summed E-state index contributed by atoms with van der Waals surface area (Å²) in [5.74, 6) is 1.81. The molecule has 4 aliphatic rings. The van der Waals surface area contributed by atoms with E-state index in [4.69, 9.17) is 4.99 Å². The summed E-state index contributed by atoms with van der Waals surface area (Å²) in [5.41, 5.74) is 4.97. The van der Waals surface area contributed by atoms with E-state index in [0.717, 1.165) is 85.3 Å². The number of aryl methyl sites for hydroxylation is 1. The van der Waals surface area contributed by atoms with Crippen molar-refractivity contribution in [2.45, 2.75) is 44.1 Å². The lowest BCUT2D eigenvalue weighted by Gasteiger charge is -2.35. The van der Waals surface area contributed by atoms with E-state index in [1.165, 1.54) is 0 Å². The first-order valence-electron chi connectivity index (χ1n) is 13.9. The van der Waals surface area contributed by atoms with Gasteiger partial charge in [-0.1, -0.05) is 48.5 Å². The van der Waals surface area contributed by atoms with E-state index >= 15 is 0 Å². The second-order valence-corrected chi connectivity index (χ2v) is 11.5. The second kappa shape index (κ2) is 8.93. The van der Waals surface area contributed by atoms with Crippen molar-refractivity contribution in [1.82, 2.24) is 19.6 Å². The Balaban J connectivity index is 1.09. The fourth-order valence-electron chi connectivity index (χ4n) is 5.99. The molecule has 7 rings (SSSR count). The molecule has 2 aliphatic heterocycles. The number of rotatable bonds is 6. The summed E-state index contributed by atoms with van der Waals surface area (Å²) in [5, 5.41) is 4.26. The Hall–Kier alpha value is -3.74. The Labute approximate surface area is 223 Å². The van der Waals surface area contributed by atoms with Crippen molar-refractivity contribution in [1.29, 1.82) is 0 Å². The highest BCUT2D eigenvalue weighted by molar-refractivity contribution is 6.16. The van der Waals surface area contributed by atoms with Crippen molar-refractivity contribution >= 4 is 17.6 Å². The van der Waals surface area contributed by atoms with Crippen molar-refractivity contribution in [2.75, 3.05) is 19.6 Å². The van der Waals surface area contributed by atoms with E-state index in [-0.39, 0.29) is 11.8 Å². The Kier molecular flexibility index (Phi) is 5.49. The Bertz CT molecular complexity index is 1410. The number of nitrogens with zero attached hydrogens (tertiary/aromatic N) is 5. The van der Waals surface area contributed by atoms with Gasteiger partial charge in [0.05, 0.1) is 6.20 Å². The SMILES string of the molecule is Cn1cc(-c2ccc(-c3ccc(C4=NC5(CC5)C(=O)N4C[C@H]4CCCN(C(=O)C5CC5)C4)cc3)cc2)cn1. The van der Waals surface area contributed by atoms with Gasteiger partial charge in [-0.3, -0.25) is 24.2 Å². The minimum atomic E-state index is -0.533. The summed E-state index contributed by atoms with van der Waals surface area (Å²) in [4.78, 5) is 35.1. The van der Waals surface area contributed by atoms with Gasteiger partial charge in [0.25, 0.3) is 5.91 Å². The molecule has 0 radical (unpaired) electrons. The highest BCUT2D eigenvalue weighted by Crippen LogP contribution is 2.46. The standard InChI is InChI=1S/C31H33N5O2/c1-34-20-27(17-32-34)24-6-4-22(5-7-24)23-8-10-25(11-9-23)28-33-31(14-15-31)30(38)36(28)19-21-3-2-16-35(18-21)29(37)26-12-13-26/h4-11,17,20-21,26H,2-3,12-16,18-19H2,1H3/t21-/m0/s1. The normalized spacial score (nSPS) is 22.2. The van der Waals surface area contributed by atoms with Gasteiger partial charge in [-0.15, -0.1) is 0 Å². The summed E-state index contributed by atoms with van der Waals surface area (Å²) >= 11 is 0. The summed E-state index contributed by atoms with van der Waals surface area (Å²) in [7, 11) is 1.92. The average Bonchev–Trinajstić information content (AvgIpc) is 3.88. The number of amides is 2. The van der Waals surface area contributed by atoms with Crippen molar-refractivity contribution in [3.8, 4) is 22.3 Å². The second-order valence-electron chi connectivity index (χ2n) is 11.5. The molecule has 1 atom stereocenters. The zero-order valence-corrected chi connectivity index (χ0v) is 21.8. The van der Waals surface area contributed by atoms with Crippen LogP contribution in [0, 0.1) is 11.8 Å². The van der Waals surface area contributed by atoms with E-state index in [9.17, 15) is 9.59 Å². The first kappa shape index (κ1) is 23.4. The van der Waals surface area contributed by atoms with Crippen LogP contribution in [0.15, 0.2) is 65.9 Å². The number of piperidine rings is 1. The van der Waals surface area contributed by atoms with Crippen molar-refractivity contribution in [3.05, 3.63) is 66.5 Å². The molecule has 2 amide bonds. The van der Waals surface area contributed by atoms with Crippen LogP contribution in [0.3, 0.4) is 0 Å². The number of hydrogen-bond acceptors (Lipinski definition) is 4. The third kappa shape index (κ3) is 4.24. The van der Waals surface area contributed by atoms with Crippen LogP contribution in [0.5, 0.6) is 0 Å². The molecule has 0 unspecified atom stereocenters. The number of amidine groups is 1. The van der Waals surface area contributed by atoms with Crippen LogP contribution in [0.2, 0.25) is 0 Å². The van der Waals surface area contributed by atoms with Crippen LogP contribution in [0.4, 0.5) is 0 Å². The molecule has 194 valence electrons. The molecule has 3 aromatic rings. The minimum Gasteiger partial charge on any atom is -0.342 e. The van der Waals surface area contributed by atoms with Gasteiger partial charge in [0.2, 0.25) is 5.91 Å². The van der Waals surface area contributed by atoms with E-state index in [1.54, 1.807) is 0 Å². The maximum Gasteiger partial charge on any atom is 0.256 e. The molecule has 7 nitrogen and oxygen atoms in total. The molecule has 0 N–H and O–H groups in total. The molecule has 3 heterocycles. The zero-order valence-electron chi connectivity index (χ0n) is 21.8. The molecule has 2 saturated carbocycles. The minimum absolute atomic E-state index is 0.146. The van der Waals surface area contributed by atoms with Gasteiger partial charge >= 0.3 is 0 Å². The van der Waals surface area contributed by atoms with Crippen LogP contribution in [-0.4, -0.2) is 62.4 Å². The monoisotopic (exact) mass is 507 g/mol. The van der Waals surface area contributed by atoms with Gasteiger partial charge in [-0.25, -0.2) is 0 Å². The van der Waals surface area contributed by atoms with Gasteiger partial charge < -0.3 is 4.90 Å². The first-order valence-corrected chi connectivity index (χ1v) is 13.9. The van der Waals surface area contributed by atoms with E-state index < -0.39 is 5.54 Å². The number of benzene rings is 2. The summed E-state index contributed by atoms with van der Waals surface area (Å²) < 4.78 is 1.81. The molecule has 7 heteroatoms. The van der Waals surface area contributed by atoms with Gasteiger partial charge in [-0.2, -0.15) is 5.10 Å². The topological polar surface area (TPSA) is 70.8 Å². The average molecular weight is 508 g/mol. The van der Waals surface area contributed by atoms with Crippen molar-refractivity contribution < 1.29 is 9.59 Å². The fourth-order valence-corrected chi connectivity index (χ4v) is 5.99. The summed E-state index contributed by atoms with van der Waals surface area (Å²) in [6, 6.07) is 16.9. The van der Waals surface area contributed by atoms with Gasteiger partial charge in [-0.05, 0) is 61.1 Å². The number of carbonyl (C=O) groups excluding carboxylic acids is 2. The van der Waals surface area contributed by atoms with Crippen molar-refractivity contribution in [2.24, 2.45) is 23.9 Å². The third-order valence-electron chi connectivity index (χ3n) is 8.54. The van der Waals surface area contributed by atoms with Crippen LogP contribution < -0.4 is 0 Å². The Morgan fingerprint density at radius 1 is 0.921 bits per heavy atom. The number of likely N-dealkylation sites (tertiary alicyclic amines) is 1. The maximum atomic E-state index is 13.4. The molecule has 2 aromatic carbocycles. The zero-order chi connectivity index (χ0) is 25.9. The smallest absolute Gasteiger partial charge is 0.256 e. The maximum absolute atomic E-state index is 13.4. The number of aromatic nitrogens is 2. The van der Waals surface area contributed by atoms with Crippen LogP contribution in [0.1, 0.15) is 44.1 Å². The molecule has 1 aromatic heterocycles.